The monoisotopic (exact) mass is 539 g/mol. The number of amides is 1. The highest BCUT2D eigenvalue weighted by atomic mass is 16.5. The Hall–Kier alpha value is -4.20. The van der Waals surface area contributed by atoms with Gasteiger partial charge in [0, 0.05) is 69.2 Å². The smallest absolute Gasteiger partial charge is 0.219 e. The number of nitrogens with one attached hydrogen (secondary N) is 1. The molecule has 1 N–H and O–H groups in total. The summed E-state index contributed by atoms with van der Waals surface area (Å²) in [5.41, 5.74) is 3.30. The van der Waals surface area contributed by atoms with Crippen molar-refractivity contribution in [2.75, 3.05) is 62.7 Å². The van der Waals surface area contributed by atoms with Crippen LogP contribution < -0.4 is 15.0 Å². The second-order valence-electron chi connectivity index (χ2n) is 10.5. The molecule has 0 unspecified atom stereocenters. The Labute approximate surface area is 234 Å². The third-order valence-corrected chi connectivity index (χ3v) is 7.85. The number of hydrogen-bond donors (Lipinski definition) is 1. The van der Waals surface area contributed by atoms with Gasteiger partial charge in [0.1, 0.15) is 23.7 Å². The number of aromatic nitrogens is 2. The molecule has 1 aromatic heterocycles. The Balaban J connectivity index is 1.09. The normalized spacial score (nSPS) is 19.6. The molecular weight excluding hydrogens is 506 g/mol. The third kappa shape index (κ3) is 5.71. The van der Waals surface area contributed by atoms with Crippen LogP contribution in [0.3, 0.4) is 0 Å². The van der Waals surface area contributed by atoms with E-state index in [1.807, 2.05) is 12.1 Å². The van der Waals surface area contributed by atoms with E-state index in [9.17, 15) is 10.1 Å². The van der Waals surface area contributed by atoms with E-state index in [0.29, 0.717) is 42.1 Å². The van der Waals surface area contributed by atoms with E-state index >= 15 is 0 Å². The molecule has 0 saturated carbocycles. The molecule has 3 aliphatic heterocycles. The maximum atomic E-state index is 11.6. The maximum Gasteiger partial charge on any atom is 0.219 e. The molecule has 3 aliphatic rings. The lowest BCUT2D eigenvalue weighted by Gasteiger charge is -2.43. The second kappa shape index (κ2) is 11.5. The van der Waals surface area contributed by atoms with E-state index in [2.05, 4.69) is 55.4 Å². The van der Waals surface area contributed by atoms with Crippen molar-refractivity contribution in [1.29, 1.82) is 5.26 Å². The Morgan fingerprint density at radius 2 is 1.88 bits per heavy atom. The van der Waals surface area contributed by atoms with E-state index < -0.39 is 0 Å². The molecule has 10 nitrogen and oxygen atoms in total. The molecule has 6 rings (SSSR count). The average molecular weight is 540 g/mol. The first-order valence-electron chi connectivity index (χ1n) is 13.8. The molecule has 1 atom stereocenters. The second-order valence-corrected chi connectivity index (χ2v) is 10.5. The highest BCUT2D eigenvalue weighted by molar-refractivity contribution is 5.73. The zero-order valence-corrected chi connectivity index (χ0v) is 22.6. The molecule has 0 radical (unpaired) electrons. The minimum Gasteiger partial charge on any atom is -0.487 e. The van der Waals surface area contributed by atoms with Crippen molar-refractivity contribution in [2.45, 2.75) is 25.5 Å². The van der Waals surface area contributed by atoms with Gasteiger partial charge in [-0.15, -0.1) is 0 Å². The minimum atomic E-state index is -0.121. The standard InChI is InChI=1S/C30H33N7O3/c1-21(38)37-11-9-27(18-37)40-28-7-2-22(16-23(28)17-31)30-32-10-8-29(34-30)33-24-3-5-25(6-4-24)35-12-14-36(15-13-35)26-19-39-20-26/h2-8,10,16,26-27H,9,11-15,18-20H2,1H3,(H,32,33,34)/t27-/m1/s1. The number of nitriles is 1. The Bertz CT molecular complexity index is 1400. The molecular formula is C30H33N7O3. The van der Waals surface area contributed by atoms with Gasteiger partial charge >= 0.3 is 0 Å². The van der Waals surface area contributed by atoms with Gasteiger partial charge in [-0.25, -0.2) is 9.97 Å². The van der Waals surface area contributed by atoms with Gasteiger partial charge in [0.2, 0.25) is 5.91 Å². The van der Waals surface area contributed by atoms with Crippen molar-refractivity contribution in [3.8, 4) is 23.2 Å². The number of nitrogens with zero attached hydrogens (tertiary/aromatic N) is 6. The minimum absolute atomic E-state index is 0.0392. The number of anilines is 3. The first-order chi connectivity index (χ1) is 19.6. The molecule has 0 aliphatic carbocycles. The van der Waals surface area contributed by atoms with E-state index in [0.717, 1.165) is 57.1 Å². The molecule has 3 fully saturated rings. The first-order valence-corrected chi connectivity index (χ1v) is 13.8. The average Bonchev–Trinajstić information content (AvgIpc) is 3.42. The summed E-state index contributed by atoms with van der Waals surface area (Å²) in [4.78, 5) is 27.5. The summed E-state index contributed by atoms with van der Waals surface area (Å²) in [7, 11) is 0. The third-order valence-electron chi connectivity index (χ3n) is 7.85. The van der Waals surface area contributed by atoms with Crippen LogP contribution in [0, 0.1) is 11.3 Å². The SMILES string of the molecule is CC(=O)N1CC[C@@H](Oc2ccc(-c3nccc(Nc4ccc(N5CCN(C6COC6)CC5)cc4)n3)cc2C#N)C1. The fraction of sp³-hybridized carbons (Fsp3) is 0.400. The largest absolute Gasteiger partial charge is 0.487 e. The number of hydrogen-bond acceptors (Lipinski definition) is 9. The lowest BCUT2D eigenvalue weighted by Crippen LogP contribution is -2.56. The Morgan fingerprint density at radius 1 is 1.07 bits per heavy atom. The molecule has 0 bridgehead atoms. The van der Waals surface area contributed by atoms with Gasteiger partial charge in [-0.1, -0.05) is 0 Å². The lowest BCUT2D eigenvalue weighted by molar-refractivity contribution is -0.128. The molecule has 4 heterocycles. The Morgan fingerprint density at radius 3 is 2.55 bits per heavy atom. The fourth-order valence-corrected chi connectivity index (χ4v) is 5.40. The molecule has 3 saturated heterocycles. The number of carbonyl (C=O) groups is 1. The number of carbonyl (C=O) groups excluding carboxylic acids is 1. The summed E-state index contributed by atoms with van der Waals surface area (Å²) in [5, 5.41) is 13.1. The van der Waals surface area contributed by atoms with Crippen LogP contribution in [0.5, 0.6) is 5.75 Å². The maximum absolute atomic E-state index is 11.6. The van der Waals surface area contributed by atoms with E-state index in [4.69, 9.17) is 9.47 Å². The fourth-order valence-electron chi connectivity index (χ4n) is 5.40. The van der Waals surface area contributed by atoms with Crippen molar-refractivity contribution >= 4 is 23.1 Å². The summed E-state index contributed by atoms with van der Waals surface area (Å²) in [6.07, 6.45) is 2.33. The lowest BCUT2D eigenvalue weighted by atomic mass is 10.1. The topological polar surface area (TPSA) is 107 Å². The van der Waals surface area contributed by atoms with E-state index in [1.54, 1.807) is 30.2 Å². The molecule has 40 heavy (non-hydrogen) atoms. The van der Waals surface area contributed by atoms with Crippen molar-refractivity contribution in [1.82, 2.24) is 19.8 Å². The van der Waals surface area contributed by atoms with Crippen molar-refractivity contribution in [2.24, 2.45) is 0 Å². The van der Waals surface area contributed by atoms with Crippen LogP contribution in [0.4, 0.5) is 17.2 Å². The van der Waals surface area contributed by atoms with Gasteiger partial charge in [0.05, 0.1) is 31.4 Å². The molecule has 206 valence electrons. The van der Waals surface area contributed by atoms with Gasteiger partial charge in [0.15, 0.2) is 5.82 Å². The van der Waals surface area contributed by atoms with Gasteiger partial charge in [-0.05, 0) is 48.5 Å². The number of rotatable bonds is 7. The summed E-state index contributed by atoms with van der Waals surface area (Å²) in [6.45, 7) is 8.67. The zero-order chi connectivity index (χ0) is 27.5. The van der Waals surface area contributed by atoms with Crippen LogP contribution in [0.25, 0.3) is 11.4 Å². The van der Waals surface area contributed by atoms with Crippen molar-refractivity contribution in [3.05, 3.63) is 60.3 Å². The van der Waals surface area contributed by atoms with Gasteiger partial charge < -0.3 is 24.6 Å². The van der Waals surface area contributed by atoms with Crippen LogP contribution in [-0.4, -0.2) is 90.3 Å². The molecule has 0 spiro atoms. The molecule has 2 aromatic carbocycles. The van der Waals surface area contributed by atoms with Crippen LogP contribution in [0.2, 0.25) is 0 Å². The van der Waals surface area contributed by atoms with E-state index in [-0.39, 0.29) is 12.0 Å². The summed E-state index contributed by atoms with van der Waals surface area (Å²) in [5.74, 6) is 1.73. The highest BCUT2D eigenvalue weighted by Gasteiger charge is 2.29. The van der Waals surface area contributed by atoms with Crippen LogP contribution >= 0.6 is 0 Å². The number of likely N-dealkylation sites (tertiary alicyclic amines) is 1. The highest BCUT2D eigenvalue weighted by Crippen LogP contribution is 2.28. The van der Waals surface area contributed by atoms with E-state index in [1.165, 1.54) is 5.69 Å². The number of ether oxygens (including phenoxy) is 2. The summed E-state index contributed by atoms with van der Waals surface area (Å²) in [6, 6.07) is 18.5. The van der Waals surface area contributed by atoms with Crippen LogP contribution in [0.1, 0.15) is 18.9 Å². The quantitative estimate of drug-likeness (QED) is 0.484. The van der Waals surface area contributed by atoms with Crippen LogP contribution in [-0.2, 0) is 9.53 Å². The summed E-state index contributed by atoms with van der Waals surface area (Å²) < 4.78 is 11.4. The number of piperazine rings is 1. The van der Waals surface area contributed by atoms with Gasteiger partial charge in [-0.3, -0.25) is 9.69 Å². The van der Waals surface area contributed by atoms with Gasteiger partial charge in [0.25, 0.3) is 0 Å². The van der Waals surface area contributed by atoms with Crippen molar-refractivity contribution in [3.63, 3.8) is 0 Å². The Kier molecular flexibility index (Phi) is 7.49. The summed E-state index contributed by atoms with van der Waals surface area (Å²) >= 11 is 0. The molecule has 3 aromatic rings. The predicted octanol–water partition coefficient (Wildman–Crippen LogP) is 3.28. The predicted molar refractivity (Wildman–Crippen MR) is 152 cm³/mol. The number of benzene rings is 2. The van der Waals surface area contributed by atoms with Crippen molar-refractivity contribution < 1.29 is 14.3 Å². The first kappa shape index (κ1) is 26.0. The van der Waals surface area contributed by atoms with Crippen LogP contribution in [0.15, 0.2) is 54.7 Å². The zero-order valence-electron chi connectivity index (χ0n) is 22.6. The molecule has 10 heteroatoms. The molecule has 1 amide bonds. The van der Waals surface area contributed by atoms with Gasteiger partial charge in [-0.2, -0.15) is 5.26 Å².